The Morgan fingerprint density at radius 2 is 0.824 bits per heavy atom. The molecule has 0 heterocycles. The van der Waals surface area contributed by atoms with Crippen LogP contribution in [-0.4, -0.2) is 98.9 Å². The van der Waals surface area contributed by atoms with E-state index in [1.54, 1.807) is 0 Å². The van der Waals surface area contributed by atoms with E-state index in [1.807, 2.05) is 0 Å². The van der Waals surface area contributed by atoms with E-state index in [0.717, 1.165) is 64.2 Å². The number of unbranched alkanes of at least 4 members (excludes halogenated alkanes) is 30. The minimum atomic E-state index is -5.03. The summed E-state index contributed by atoms with van der Waals surface area (Å²) in [6, 6.07) is 0. The summed E-state index contributed by atoms with van der Waals surface area (Å²) in [6.07, 6.45) is 43.5. The maximum Gasteiger partial charge on any atom is 0.472 e. The summed E-state index contributed by atoms with van der Waals surface area (Å²) in [7, 11) is -5.03. The smallest absolute Gasteiger partial charge is 0.457 e. The Kier molecular flexibility index (Phi) is 43.1. The Bertz CT molecular complexity index is 1260. The quantitative estimate of drug-likeness (QED) is 0.0147. The zero-order valence-corrected chi connectivity index (χ0v) is 44.1. The molecule has 68 heavy (non-hydrogen) atoms. The summed E-state index contributed by atoms with van der Waals surface area (Å²) in [4.78, 5) is 23.3. The van der Waals surface area contributed by atoms with Crippen molar-refractivity contribution in [2.24, 2.45) is 0 Å². The van der Waals surface area contributed by atoms with Gasteiger partial charge in [0.2, 0.25) is 0 Å². The molecule has 0 aromatic carbocycles. The minimum Gasteiger partial charge on any atom is -0.457 e. The number of aliphatic hydroxyl groups excluding tert-OH is 5. The lowest BCUT2D eigenvalue weighted by atomic mass is 9.85. The molecule has 400 valence electrons. The van der Waals surface area contributed by atoms with Gasteiger partial charge in [-0.2, -0.15) is 0 Å². The number of ether oxygens (including phenoxy) is 2. The van der Waals surface area contributed by atoms with Crippen molar-refractivity contribution in [2.45, 2.75) is 288 Å². The number of phosphoric ester groups is 1. The van der Waals surface area contributed by atoms with Crippen molar-refractivity contribution in [3.05, 3.63) is 36.5 Å². The van der Waals surface area contributed by atoms with Gasteiger partial charge in [-0.05, 0) is 51.4 Å². The molecular weight excluding hydrogens is 884 g/mol. The monoisotopic (exact) mass is 987 g/mol. The predicted octanol–water partition coefficient (Wildman–Crippen LogP) is 13.0. The maximum atomic E-state index is 12.9. The highest BCUT2D eigenvalue weighted by Gasteiger charge is 2.51. The minimum absolute atomic E-state index is 0.0763. The van der Waals surface area contributed by atoms with Crippen LogP contribution in [0.25, 0.3) is 0 Å². The average molecular weight is 987 g/mol. The van der Waals surface area contributed by atoms with E-state index in [1.165, 1.54) is 154 Å². The van der Waals surface area contributed by atoms with Crippen LogP contribution >= 0.6 is 7.82 Å². The molecule has 0 aromatic rings. The van der Waals surface area contributed by atoms with Crippen LogP contribution in [0, 0.1) is 0 Å². The fourth-order valence-corrected chi connectivity index (χ4v) is 9.57. The lowest BCUT2D eigenvalue weighted by Crippen LogP contribution is -2.64. The first-order valence-electron chi connectivity index (χ1n) is 27.8. The van der Waals surface area contributed by atoms with Crippen LogP contribution < -0.4 is 0 Å². The molecule has 6 atom stereocenters. The van der Waals surface area contributed by atoms with Gasteiger partial charge in [0.05, 0.1) is 13.2 Å². The van der Waals surface area contributed by atoms with Crippen LogP contribution in [-0.2, 0) is 27.9 Å². The highest BCUT2D eigenvalue weighted by atomic mass is 31.2. The number of aliphatic hydroxyl groups is 5. The van der Waals surface area contributed by atoms with Gasteiger partial charge in [-0.15, -0.1) is 0 Å². The van der Waals surface area contributed by atoms with Crippen LogP contribution in [0.4, 0.5) is 0 Å². The molecule has 6 N–H and O–H groups in total. The van der Waals surface area contributed by atoms with Crippen molar-refractivity contribution < 1.29 is 58.3 Å². The first-order valence-corrected chi connectivity index (χ1v) is 29.3. The summed E-state index contributed by atoms with van der Waals surface area (Å²) >= 11 is 0. The van der Waals surface area contributed by atoms with Gasteiger partial charge in [-0.1, -0.05) is 224 Å². The third-order valence-corrected chi connectivity index (χ3v) is 14.0. The van der Waals surface area contributed by atoms with E-state index in [4.69, 9.17) is 18.5 Å². The lowest BCUT2D eigenvalue weighted by molar-refractivity contribution is -0.220. The van der Waals surface area contributed by atoms with Gasteiger partial charge in [0.1, 0.15) is 42.7 Å². The number of esters is 1. The fourth-order valence-electron chi connectivity index (χ4n) is 8.60. The molecule has 0 spiro atoms. The number of hydrogen-bond acceptors (Lipinski definition) is 11. The normalized spacial score (nSPS) is 21.4. The number of hydrogen-bond donors (Lipinski definition) is 6. The number of rotatable bonds is 48. The van der Waals surface area contributed by atoms with E-state index in [9.17, 15) is 39.8 Å². The van der Waals surface area contributed by atoms with E-state index >= 15 is 0 Å². The zero-order valence-electron chi connectivity index (χ0n) is 43.2. The number of carbonyl (C=O) groups is 1. The summed E-state index contributed by atoms with van der Waals surface area (Å²) in [5, 5.41) is 50.4. The lowest BCUT2D eigenvalue weighted by Gasteiger charge is -2.41. The second-order valence-electron chi connectivity index (χ2n) is 19.4. The van der Waals surface area contributed by atoms with Gasteiger partial charge in [-0.3, -0.25) is 13.8 Å². The summed E-state index contributed by atoms with van der Waals surface area (Å²) in [6.45, 7) is 4.29. The Labute approximate surface area is 414 Å². The average Bonchev–Trinajstić information content (AvgIpc) is 3.32. The van der Waals surface area contributed by atoms with Crippen molar-refractivity contribution >= 4 is 13.8 Å². The SMILES string of the molecule is CCCCCCC/C=C\C/C=C\C/C=C\CCCCCCCCCCC(=O)OC(COCCCCCCCCCCCCCCCCCCCC)COP(=O)(O)OC1C(O)C(O)C(O)C(O)C1O. The summed E-state index contributed by atoms with van der Waals surface area (Å²) in [5.41, 5.74) is 0. The summed E-state index contributed by atoms with van der Waals surface area (Å²) < 4.78 is 34.4. The van der Waals surface area contributed by atoms with Crippen LogP contribution in [0.2, 0.25) is 0 Å². The number of allylic oxidation sites excluding steroid dienone is 6. The number of carbonyl (C=O) groups excluding carboxylic acids is 1. The molecule has 1 fully saturated rings. The van der Waals surface area contributed by atoms with Crippen LogP contribution in [0.15, 0.2) is 36.5 Å². The van der Waals surface area contributed by atoms with Gasteiger partial charge in [0, 0.05) is 13.0 Å². The number of phosphoric acid groups is 1. The van der Waals surface area contributed by atoms with Crippen molar-refractivity contribution in [1.82, 2.24) is 0 Å². The Balaban J connectivity index is 2.31. The highest BCUT2D eigenvalue weighted by Crippen LogP contribution is 2.47. The highest BCUT2D eigenvalue weighted by molar-refractivity contribution is 7.47. The molecule has 0 bridgehead atoms. The van der Waals surface area contributed by atoms with Crippen molar-refractivity contribution in [3.63, 3.8) is 0 Å². The maximum absolute atomic E-state index is 12.9. The van der Waals surface area contributed by atoms with Crippen molar-refractivity contribution in [3.8, 4) is 0 Å². The van der Waals surface area contributed by atoms with Crippen molar-refractivity contribution in [2.75, 3.05) is 19.8 Å². The van der Waals surface area contributed by atoms with Gasteiger partial charge in [-0.25, -0.2) is 4.57 Å². The van der Waals surface area contributed by atoms with E-state index < -0.39 is 63.1 Å². The van der Waals surface area contributed by atoms with Crippen LogP contribution in [0.1, 0.15) is 245 Å². The third kappa shape index (κ3) is 36.5. The predicted molar refractivity (Wildman–Crippen MR) is 276 cm³/mol. The molecule has 0 radical (unpaired) electrons. The van der Waals surface area contributed by atoms with Gasteiger partial charge in [0.15, 0.2) is 0 Å². The third-order valence-electron chi connectivity index (χ3n) is 13.0. The van der Waals surface area contributed by atoms with Gasteiger partial charge < -0.3 is 39.9 Å². The molecule has 1 rings (SSSR count). The zero-order chi connectivity index (χ0) is 49.8. The molecule has 0 saturated heterocycles. The topological polar surface area (TPSA) is 192 Å². The first kappa shape index (κ1) is 64.6. The molecule has 1 saturated carbocycles. The second kappa shape index (κ2) is 45.4. The second-order valence-corrected chi connectivity index (χ2v) is 20.8. The fraction of sp³-hybridized carbons (Fsp3) is 0.873. The molecule has 1 aliphatic rings. The van der Waals surface area contributed by atoms with E-state index in [2.05, 4.69) is 50.3 Å². The molecule has 6 unspecified atom stereocenters. The van der Waals surface area contributed by atoms with Crippen molar-refractivity contribution in [1.29, 1.82) is 0 Å². The first-order chi connectivity index (χ1) is 33.0. The molecule has 0 amide bonds. The van der Waals surface area contributed by atoms with Crippen LogP contribution in [0.5, 0.6) is 0 Å². The standard InChI is InChI=1S/C55H103O12P/c1-3-5-7-9-11-13-15-17-19-21-23-24-25-26-27-28-30-32-34-36-38-40-42-44-49(56)66-48(47-65-68(62,63)67-55-53(60)51(58)50(57)52(59)54(55)61)46-64-45-43-41-39-37-35-33-31-29-22-20-18-16-14-12-10-8-6-4-2/h15,17,21,23,25-26,48,50-55,57-61H,3-14,16,18-20,22,24,27-47H2,1-2H3,(H,62,63)/b17-15-,23-21-,26-25-. The molecule has 1 aliphatic carbocycles. The van der Waals surface area contributed by atoms with Crippen LogP contribution in [0.3, 0.4) is 0 Å². The van der Waals surface area contributed by atoms with Gasteiger partial charge >= 0.3 is 13.8 Å². The Morgan fingerprint density at radius 3 is 1.25 bits per heavy atom. The molecule has 0 aliphatic heterocycles. The van der Waals surface area contributed by atoms with E-state index in [0.29, 0.717) is 13.0 Å². The Hall–Kier alpha value is -1.44. The molecular formula is C55H103O12P. The molecule has 13 heteroatoms. The summed E-state index contributed by atoms with van der Waals surface area (Å²) in [5.74, 6) is -0.480. The molecule has 12 nitrogen and oxygen atoms in total. The Morgan fingerprint density at radius 1 is 0.471 bits per heavy atom. The van der Waals surface area contributed by atoms with Gasteiger partial charge in [0.25, 0.3) is 0 Å². The molecule has 0 aromatic heterocycles. The largest absolute Gasteiger partial charge is 0.472 e. The van der Waals surface area contributed by atoms with E-state index in [-0.39, 0.29) is 13.0 Å².